The highest BCUT2D eigenvalue weighted by Gasteiger charge is 2.23. The lowest BCUT2D eigenvalue weighted by Gasteiger charge is -2.11. The van der Waals surface area contributed by atoms with Gasteiger partial charge >= 0.3 is 5.97 Å². The SMILES string of the molecule is CCOC(=O)C(CC)S(=O)CCO. The Morgan fingerprint density at radius 2 is 2.15 bits per heavy atom. The summed E-state index contributed by atoms with van der Waals surface area (Å²) >= 11 is 0. The second-order valence-electron chi connectivity index (χ2n) is 2.46. The molecule has 0 aromatic heterocycles. The monoisotopic (exact) mass is 208 g/mol. The van der Waals surface area contributed by atoms with E-state index in [1.807, 2.05) is 0 Å². The van der Waals surface area contributed by atoms with Crippen molar-refractivity contribution in [3.05, 3.63) is 0 Å². The number of ether oxygens (including phenoxy) is 1. The molecule has 5 heteroatoms. The fraction of sp³-hybridized carbons (Fsp3) is 0.875. The molecule has 4 nitrogen and oxygen atoms in total. The molecular weight excluding hydrogens is 192 g/mol. The topological polar surface area (TPSA) is 63.6 Å². The molecule has 0 aromatic carbocycles. The quantitative estimate of drug-likeness (QED) is 0.627. The first-order valence-corrected chi connectivity index (χ1v) is 5.70. The van der Waals surface area contributed by atoms with E-state index in [4.69, 9.17) is 9.84 Å². The van der Waals surface area contributed by atoms with Gasteiger partial charge in [0.15, 0.2) is 0 Å². The van der Waals surface area contributed by atoms with Crippen molar-refractivity contribution in [2.45, 2.75) is 25.5 Å². The molecule has 0 saturated heterocycles. The third-order valence-electron chi connectivity index (χ3n) is 1.53. The van der Waals surface area contributed by atoms with Crippen molar-refractivity contribution >= 4 is 16.8 Å². The predicted octanol–water partition coefficient (Wildman–Crippen LogP) is 0.0691. The molecule has 0 aliphatic heterocycles. The van der Waals surface area contributed by atoms with Crippen LogP contribution in [0.4, 0.5) is 0 Å². The van der Waals surface area contributed by atoms with Crippen molar-refractivity contribution in [3.63, 3.8) is 0 Å². The van der Waals surface area contributed by atoms with Crippen LogP contribution in [0.5, 0.6) is 0 Å². The predicted molar refractivity (Wildman–Crippen MR) is 50.8 cm³/mol. The third kappa shape index (κ3) is 4.38. The van der Waals surface area contributed by atoms with Gasteiger partial charge in [-0.3, -0.25) is 9.00 Å². The normalized spacial score (nSPS) is 15.0. The number of rotatable bonds is 6. The molecule has 0 saturated carbocycles. The summed E-state index contributed by atoms with van der Waals surface area (Å²) in [5.74, 6) is -0.297. The van der Waals surface area contributed by atoms with Crippen molar-refractivity contribution in [2.24, 2.45) is 0 Å². The molecular formula is C8H16O4S. The molecule has 0 heterocycles. The van der Waals surface area contributed by atoms with E-state index in [0.717, 1.165) is 0 Å². The van der Waals surface area contributed by atoms with Crippen LogP contribution in [0.2, 0.25) is 0 Å². The number of hydrogen-bond donors (Lipinski definition) is 1. The Bertz CT molecular complexity index is 163. The first-order chi connectivity index (χ1) is 6.17. The second-order valence-corrected chi connectivity index (χ2v) is 4.20. The Morgan fingerprint density at radius 3 is 2.54 bits per heavy atom. The van der Waals surface area contributed by atoms with E-state index in [9.17, 15) is 9.00 Å². The van der Waals surface area contributed by atoms with Crippen molar-refractivity contribution < 1.29 is 18.8 Å². The van der Waals surface area contributed by atoms with Gasteiger partial charge in [0.1, 0.15) is 5.25 Å². The Kier molecular flexibility index (Phi) is 6.80. The van der Waals surface area contributed by atoms with Crippen LogP contribution in [-0.4, -0.2) is 39.5 Å². The first-order valence-electron chi connectivity index (χ1n) is 4.32. The second kappa shape index (κ2) is 7.03. The fourth-order valence-electron chi connectivity index (χ4n) is 0.927. The van der Waals surface area contributed by atoms with Gasteiger partial charge in [-0.2, -0.15) is 0 Å². The van der Waals surface area contributed by atoms with Crippen molar-refractivity contribution in [1.29, 1.82) is 0 Å². The van der Waals surface area contributed by atoms with Gasteiger partial charge in [0.05, 0.1) is 13.2 Å². The van der Waals surface area contributed by atoms with Gasteiger partial charge in [0.25, 0.3) is 0 Å². The summed E-state index contributed by atoms with van der Waals surface area (Å²) in [5, 5.41) is 7.96. The number of aliphatic hydroxyl groups is 1. The number of aliphatic hydroxyl groups excluding tert-OH is 1. The summed E-state index contributed by atoms with van der Waals surface area (Å²) in [6.07, 6.45) is 0.478. The number of carbonyl (C=O) groups is 1. The van der Waals surface area contributed by atoms with Gasteiger partial charge in [-0.25, -0.2) is 0 Å². The van der Waals surface area contributed by atoms with E-state index in [1.165, 1.54) is 0 Å². The molecule has 78 valence electrons. The Balaban J connectivity index is 4.15. The van der Waals surface area contributed by atoms with E-state index < -0.39 is 22.0 Å². The highest BCUT2D eigenvalue weighted by atomic mass is 32.2. The average molecular weight is 208 g/mol. The molecule has 0 rings (SSSR count). The van der Waals surface area contributed by atoms with Crippen LogP contribution in [0.15, 0.2) is 0 Å². The fourth-order valence-corrected chi connectivity index (χ4v) is 2.05. The highest BCUT2D eigenvalue weighted by molar-refractivity contribution is 7.86. The molecule has 0 aliphatic carbocycles. The Morgan fingerprint density at radius 1 is 1.54 bits per heavy atom. The van der Waals surface area contributed by atoms with Crippen molar-refractivity contribution in [3.8, 4) is 0 Å². The number of hydrogen-bond acceptors (Lipinski definition) is 4. The van der Waals surface area contributed by atoms with Crippen LogP contribution in [0.1, 0.15) is 20.3 Å². The van der Waals surface area contributed by atoms with Gasteiger partial charge < -0.3 is 9.84 Å². The standard InChI is InChI=1S/C8H16O4S/c1-3-7(8(10)12-4-2)13(11)6-5-9/h7,9H,3-6H2,1-2H3. The summed E-state index contributed by atoms with van der Waals surface area (Å²) in [5.41, 5.74) is 0. The molecule has 0 radical (unpaired) electrons. The van der Waals surface area contributed by atoms with Crippen LogP contribution in [-0.2, 0) is 20.3 Å². The van der Waals surface area contributed by atoms with Crippen molar-refractivity contribution in [2.75, 3.05) is 19.0 Å². The smallest absolute Gasteiger partial charge is 0.321 e. The lowest BCUT2D eigenvalue weighted by Crippen LogP contribution is -2.29. The van der Waals surface area contributed by atoms with E-state index >= 15 is 0 Å². The Hall–Kier alpha value is -0.420. The third-order valence-corrected chi connectivity index (χ3v) is 3.28. The minimum absolute atomic E-state index is 0.136. The zero-order chi connectivity index (χ0) is 10.3. The molecule has 1 N–H and O–H groups in total. The zero-order valence-corrected chi connectivity index (χ0v) is 8.80. The minimum Gasteiger partial charge on any atom is -0.465 e. The van der Waals surface area contributed by atoms with Crippen LogP contribution in [0.25, 0.3) is 0 Å². The van der Waals surface area contributed by atoms with Crippen molar-refractivity contribution in [1.82, 2.24) is 0 Å². The molecule has 2 atom stereocenters. The maximum Gasteiger partial charge on any atom is 0.321 e. The van der Waals surface area contributed by atoms with E-state index in [2.05, 4.69) is 0 Å². The van der Waals surface area contributed by atoms with E-state index in [0.29, 0.717) is 13.0 Å². The summed E-state index contributed by atoms with van der Waals surface area (Å²) in [7, 11) is -1.31. The van der Waals surface area contributed by atoms with Crippen LogP contribution >= 0.6 is 0 Å². The largest absolute Gasteiger partial charge is 0.465 e. The summed E-state index contributed by atoms with van der Waals surface area (Å²) in [4.78, 5) is 11.2. The van der Waals surface area contributed by atoms with Gasteiger partial charge in [0.2, 0.25) is 0 Å². The number of carbonyl (C=O) groups excluding carboxylic acids is 1. The van der Waals surface area contributed by atoms with Gasteiger partial charge in [-0.1, -0.05) is 6.92 Å². The lowest BCUT2D eigenvalue weighted by atomic mass is 10.3. The van der Waals surface area contributed by atoms with Gasteiger partial charge in [-0.15, -0.1) is 0 Å². The molecule has 0 fully saturated rings. The molecule has 0 aliphatic rings. The van der Waals surface area contributed by atoms with Gasteiger partial charge in [-0.05, 0) is 13.3 Å². The summed E-state index contributed by atoms with van der Waals surface area (Å²) in [6, 6.07) is 0. The molecule has 0 aromatic rings. The molecule has 0 amide bonds. The summed E-state index contributed by atoms with van der Waals surface area (Å²) < 4.78 is 16.1. The lowest BCUT2D eigenvalue weighted by molar-refractivity contribution is -0.142. The highest BCUT2D eigenvalue weighted by Crippen LogP contribution is 2.04. The first kappa shape index (κ1) is 12.6. The molecule has 0 spiro atoms. The maximum atomic E-state index is 11.3. The van der Waals surface area contributed by atoms with Crippen LogP contribution in [0, 0.1) is 0 Å². The number of esters is 1. The van der Waals surface area contributed by atoms with Crippen LogP contribution < -0.4 is 0 Å². The molecule has 2 unspecified atom stereocenters. The Labute approximate surface area is 80.7 Å². The van der Waals surface area contributed by atoms with E-state index in [1.54, 1.807) is 13.8 Å². The van der Waals surface area contributed by atoms with Gasteiger partial charge in [0, 0.05) is 16.6 Å². The van der Waals surface area contributed by atoms with E-state index in [-0.39, 0.29) is 12.4 Å². The minimum atomic E-state index is -1.31. The maximum absolute atomic E-state index is 11.3. The van der Waals surface area contributed by atoms with Crippen LogP contribution in [0.3, 0.4) is 0 Å². The summed E-state index contributed by atoms with van der Waals surface area (Å²) in [6.45, 7) is 3.62. The molecule has 13 heavy (non-hydrogen) atoms. The zero-order valence-electron chi connectivity index (χ0n) is 7.99. The molecule has 0 bridgehead atoms. The average Bonchev–Trinajstić information content (AvgIpc) is 2.06.